The van der Waals surface area contributed by atoms with E-state index >= 15 is 0 Å². The molecule has 0 saturated heterocycles. The van der Waals surface area contributed by atoms with Crippen LogP contribution in [0.15, 0.2) is 66.7 Å². The normalized spacial score (nSPS) is 10.5. The van der Waals surface area contributed by atoms with Crippen LogP contribution in [0.5, 0.6) is 0 Å². The minimum absolute atomic E-state index is 1.14. The summed E-state index contributed by atoms with van der Waals surface area (Å²) in [5, 5.41) is 3.63. The SMILES string of the molecule is Cc1cc(C)c(Nc2ccccc2-c2ccccc2)c(C)c1. The predicted octanol–water partition coefficient (Wildman–Crippen LogP) is 6.02. The summed E-state index contributed by atoms with van der Waals surface area (Å²) in [6.45, 7) is 6.46. The molecule has 0 aliphatic heterocycles. The molecule has 0 fully saturated rings. The Morgan fingerprint density at radius 1 is 0.682 bits per heavy atom. The summed E-state index contributed by atoms with van der Waals surface area (Å²) in [5.74, 6) is 0. The average Bonchev–Trinajstić information content (AvgIpc) is 2.52. The molecule has 0 aliphatic rings. The molecule has 22 heavy (non-hydrogen) atoms. The van der Waals surface area contributed by atoms with Gasteiger partial charge in [0.2, 0.25) is 0 Å². The van der Waals surface area contributed by atoms with Crippen LogP contribution in [0.2, 0.25) is 0 Å². The summed E-state index contributed by atoms with van der Waals surface area (Å²) in [7, 11) is 0. The molecular weight excluding hydrogens is 266 g/mol. The lowest BCUT2D eigenvalue weighted by Gasteiger charge is -2.17. The molecule has 0 unspecified atom stereocenters. The van der Waals surface area contributed by atoms with Gasteiger partial charge in [-0.1, -0.05) is 66.2 Å². The van der Waals surface area contributed by atoms with Gasteiger partial charge in [-0.05, 0) is 43.5 Å². The number of para-hydroxylation sites is 1. The monoisotopic (exact) mass is 287 g/mol. The van der Waals surface area contributed by atoms with Crippen LogP contribution in [-0.4, -0.2) is 0 Å². The Kier molecular flexibility index (Phi) is 3.97. The van der Waals surface area contributed by atoms with Gasteiger partial charge in [-0.25, -0.2) is 0 Å². The van der Waals surface area contributed by atoms with Crippen molar-refractivity contribution < 1.29 is 0 Å². The van der Waals surface area contributed by atoms with Crippen LogP contribution in [0, 0.1) is 20.8 Å². The minimum Gasteiger partial charge on any atom is -0.355 e. The Morgan fingerprint density at radius 2 is 1.27 bits per heavy atom. The number of anilines is 2. The molecule has 3 rings (SSSR count). The molecule has 0 aliphatic carbocycles. The zero-order valence-electron chi connectivity index (χ0n) is 13.4. The zero-order chi connectivity index (χ0) is 15.5. The molecule has 0 saturated carbocycles. The second-order valence-corrected chi connectivity index (χ2v) is 5.81. The van der Waals surface area contributed by atoms with Gasteiger partial charge in [0.15, 0.2) is 0 Å². The topological polar surface area (TPSA) is 12.0 Å². The average molecular weight is 287 g/mol. The predicted molar refractivity (Wildman–Crippen MR) is 95.8 cm³/mol. The van der Waals surface area contributed by atoms with E-state index in [1.165, 1.54) is 33.5 Å². The van der Waals surface area contributed by atoms with E-state index in [0.717, 1.165) is 5.69 Å². The van der Waals surface area contributed by atoms with Gasteiger partial charge in [-0.3, -0.25) is 0 Å². The van der Waals surface area contributed by atoms with E-state index in [-0.39, 0.29) is 0 Å². The van der Waals surface area contributed by atoms with Gasteiger partial charge in [0.1, 0.15) is 0 Å². The molecule has 0 amide bonds. The number of hydrogen-bond acceptors (Lipinski definition) is 1. The molecule has 3 aromatic rings. The van der Waals surface area contributed by atoms with Gasteiger partial charge in [-0.15, -0.1) is 0 Å². The minimum atomic E-state index is 1.14. The van der Waals surface area contributed by atoms with E-state index in [4.69, 9.17) is 0 Å². The van der Waals surface area contributed by atoms with Crippen molar-refractivity contribution >= 4 is 11.4 Å². The van der Waals surface area contributed by atoms with Gasteiger partial charge in [0, 0.05) is 16.9 Å². The van der Waals surface area contributed by atoms with Crippen LogP contribution in [0.3, 0.4) is 0 Å². The Balaban J connectivity index is 2.04. The first kappa shape index (κ1) is 14.4. The first-order valence-corrected chi connectivity index (χ1v) is 7.64. The second-order valence-electron chi connectivity index (χ2n) is 5.81. The third-order valence-corrected chi connectivity index (χ3v) is 3.95. The molecule has 0 heterocycles. The van der Waals surface area contributed by atoms with Gasteiger partial charge in [0.05, 0.1) is 0 Å². The Labute approximate surface area is 132 Å². The number of rotatable bonds is 3. The van der Waals surface area contributed by atoms with Crippen molar-refractivity contribution in [3.05, 3.63) is 83.4 Å². The summed E-state index contributed by atoms with van der Waals surface area (Å²) in [4.78, 5) is 0. The number of nitrogens with one attached hydrogen (secondary N) is 1. The van der Waals surface area contributed by atoms with E-state index in [1.807, 2.05) is 6.07 Å². The molecule has 0 bridgehead atoms. The van der Waals surface area contributed by atoms with Crippen molar-refractivity contribution in [2.75, 3.05) is 5.32 Å². The van der Waals surface area contributed by atoms with Crippen molar-refractivity contribution in [3.8, 4) is 11.1 Å². The molecule has 1 nitrogen and oxygen atoms in total. The van der Waals surface area contributed by atoms with Crippen LogP contribution in [0.25, 0.3) is 11.1 Å². The third-order valence-electron chi connectivity index (χ3n) is 3.95. The van der Waals surface area contributed by atoms with Crippen molar-refractivity contribution in [2.45, 2.75) is 20.8 Å². The zero-order valence-corrected chi connectivity index (χ0v) is 13.4. The lowest BCUT2D eigenvalue weighted by atomic mass is 10.0. The summed E-state index contributed by atoms with van der Waals surface area (Å²) in [5.41, 5.74) is 8.66. The number of aryl methyl sites for hydroxylation is 3. The molecule has 1 N–H and O–H groups in total. The Morgan fingerprint density at radius 3 is 1.95 bits per heavy atom. The molecule has 3 aromatic carbocycles. The van der Waals surface area contributed by atoms with Gasteiger partial charge < -0.3 is 5.32 Å². The van der Waals surface area contributed by atoms with Crippen LogP contribution in [0.1, 0.15) is 16.7 Å². The standard InChI is InChI=1S/C21H21N/c1-15-13-16(2)21(17(3)14-15)22-20-12-8-7-11-19(20)18-9-5-4-6-10-18/h4-14,22H,1-3H3. The smallest absolute Gasteiger partial charge is 0.0464 e. The van der Waals surface area contributed by atoms with Crippen molar-refractivity contribution in [3.63, 3.8) is 0 Å². The molecule has 110 valence electrons. The van der Waals surface area contributed by atoms with E-state index < -0.39 is 0 Å². The van der Waals surface area contributed by atoms with Crippen molar-refractivity contribution in [2.24, 2.45) is 0 Å². The summed E-state index contributed by atoms with van der Waals surface area (Å²) in [6.07, 6.45) is 0. The van der Waals surface area contributed by atoms with Crippen LogP contribution < -0.4 is 5.32 Å². The summed E-state index contributed by atoms with van der Waals surface area (Å²) >= 11 is 0. The Hall–Kier alpha value is -2.54. The van der Waals surface area contributed by atoms with Crippen molar-refractivity contribution in [1.82, 2.24) is 0 Å². The first-order chi connectivity index (χ1) is 10.6. The van der Waals surface area contributed by atoms with Gasteiger partial charge in [0.25, 0.3) is 0 Å². The molecule has 0 aromatic heterocycles. The van der Waals surface area contributed by atoms with Gasteiger partial charge >= 0.3 is 0 Å². The molecular formula is C21H21N. The second kappa shape index (κ2) is 6.07. The summed E-state index contributed by atoms with van der Waals surface area (Å²) in [6, 6.07) is 23.4. The lowest BCUT2D eigenvalue weighted by Crippen LogP contribution is -1.98. The molecule has 0 atom stereocenters. The lowest BCUT2D eigenvalue weighted by molar-refractivity contribution is 1.31. The quantitative estimate of drug-likeness (QED) is 0.621. The fourth-order valence-corrected chi connectivity index (χ4v) is 2.97. The van der Waals surface area contributed by atoms with Crippen LogP contribution >= 0.6 is 0 Å². The highest BCUT2D eigenvalue weighted by molar-refractivity contribution is 5.82. The van der Waals surface area contributed by atoms with Gasteiger partial charge in [-0.2, -0.15) is 0 Å². The highest BCUT2D eigenvalue weighted by Crippen LogP contribution is 2.32. The largest absolute Gasteiger partial charge is 0.355 e. The van der Waals surface area contributed by atoms with E-state index in [2.05, 4.69) is 86.8 Å². The maximum absolute atomic E-state index is 3.63. The fraction of sp³-hybridized carbons (Fsp3) is 0.143. The van der Waals surface area contributed by atoms with E-state index in [0.29, 0.717) is 0 Å². The highest BCUT2D eigenvalue weighted by Gasteiger charge is 2.08. The van der Waals surface area contributed by atoms with E-state index in [9.17, 15) is 0 Å². The number of hydrogen-bond donors (Lipinski definition) is 1. The summed E-state index contributed by atoms with van der Waals surface area (Å²) < 4.78 is 0. The van der Waals surface area contributed by atoms with E-state index in [1.54, 1.807) is 0 Å². The number of benzene rings is 3. The fourth-order valence-electron chi connectivity index (χ4n) is 2.97. The van der Waals surface area contributed by atoms with Crippen molar-refractivity contribution in [1.29, 1.82) is 0 Å². The molecule has 0 radical (unpaired) electrons. The maximum Gasteiger partial charge on any atom is 0.0464 e. The first-order valence-electron chi connectivity index (χ1n) is 7.64. The third kappa shape index (κ3) is 2.89. The van der Waals surface area contributed by atoms with Crippen LogP contribution in [0.4, 0.5) is 11.4 Å². The highest BCUT2D eigenvalue weighted by atomic mass is 14.9. The molecule has 1 heteroatoms. The Bertz CT molecular complexity index is 765. The van der Waals surface area contributed by atoms with Crippen LogP contribution in [-0.2, 0) is 0 Å². The maximum atomic E-state index is 3.63. The molecule has 0 spiro atoms.